The molecule has 11 heavy (non-hydrogen) atoms. The Bertz CT molecular complexity index is 256. The van der Waals surface area contributed by atoms with Crippen molar-refractivity contribution < 1.29 is 5.11 Å². The van der Waals surface area contributed by atoms with Gasteiger partial charge in [-0.15, -0.1) is 0 Å². The van der Waals surface area contributed by atoms with Gasteiger partial charge in [0.2, 0.25) is 0 Å². The van der Waals surface area contributed by atoms with E-state index in [0.29, 0.717) is 0 Å². The third-order valence-electron chi connectivity index (χ3n) is 1.66. The fourth-order valence-electron chi connectivity index (χ4n) is 0.928. The van der Waals surface area contributed by atoms with Crippen LogP contribution in [0.25, 0.3) is 0 Å². The fourth-order valence-corrected chi connectivity index (χ4v) is 1.05. The minimum Gasteiger partial charge on any atom is -0.389 e. The Morgan fingerprint density at radius 1 is 1.45 bits per heavy atom. The molecule has 0 heterocycles. The number of aliphatic hydroxyl groups is 1. The topological polar surface area (TPSA) is 20.2 Å². The van der Waals surface area contributed by atoms with Crippen LogP contribution in [0.4, 0.5) is 0 Å². The van der Waals surface area contributed by atoms with E-state index in [1.165, 1.54) is 0 Å². The van der Waals surface area contributed by atoms with E-state index in [1.807, 2.05) is 19.1 Å². The standard InChI is InChI=1S/C9H11ClO/c1-6-5-8(7(2)11)3-4-9(6)10/h3-5,7,11H,1-2H3. The van der Waals surface area contributed by atoms with E-state index >= 15 is 0 Å². The largest absolute Gasteiger partial charge is 0.389 e. The number of benzene rings is 1. The summed E-state index contributed by atoms with van der Waals surface area (Å²) in [7, 11) is 0. The van der Waals surface area contributed by atoms with E-state index in [4.69, 9.17) is 11.6 Å². The molecule has 1 rings (SSSR count). The van der Waals surface area contributed by atoms with Crippen LogP contribution in [0.1, 0.15) is 24.2 Å². The van der Waals surface area contributed by atoms with Crippen molar-refractivity contribution in [2.24, 2.45) is 0 Å². The second-order valence-electron chi connectivity index (χ2n) is 2.68. The van der Waals surface area contributed by atoms with Crippen LogP contribution in [-0.4, -0.2) is 5.11 Å². The van der Waals surface area contributed by atoms with Crippen molar-refractivity contribution in [3.05, 3.63) is 34.3 Å². The van der Waals surface area contributed by atoms with E-state index in [2.05, 4.69) is 0 Å². The molecule has 0 aliphatic heterocycles. The van der Waals surface area contributed by atoms with Crippen LogP contribution in [0.2, 0.25) is 5.02 Å². The van der Waals surface area contributed by atoms with E-state index < -0.39 is 6.10 Å². The van der Waals surface area contributed by atoms with Crippen LogP contribution in [-0.2, 0) is 0 Å². The highest BCUT2D eigenvalue weighted by molar-refractivity contribution is 6.31. The Labute approximate surface area is 71.6 Å². The number of aliphatic hydroxyl groups excluding tert-OH is 1. The van der Waals surface area contributed by atoms with Crippen molar-refractivity contribution in [1.82, 2.24) is 0 Å². The van der Waals surface area contributed by atoms with Crippen LogP contribution in [0.15, 0.2) is 18.2 Å². The van der Waals surface area contributed by atoms with Crippen LogP contribution >= 0.6 is 11.6 Å². The molecule has 1 nitrogen and oxygen atoms in total. The van der Waals surface area contributed by atoms with Gasteiger partial charge in [-0.1, -0.05) is 23.7 Å². The molecule has 0 spiro atoms. The molecule has 0 aliphatic carbocycles. The zero-order valence-corrected chi connectivity index (χ0v) is 7.39. The second-order valence-corrected chi connectivity index (χ2v) is 3.09. The fraction of sp³-hybridized carbons (Fsp3) is 0.333. The Balaban J connectivity index is 3.05. The lowest BCUT2D eigenvalue weighted by Gasteiger charge is -2.05. The Morgan fingerprint density at radius 3 is 2.55 bits per heavy atom. The van der Waals surface area contributed by atoms with Gasteiger partial charge in [0.1, 0.15) is 0 Å². The van der Waals surface area contributed by atoms with Gasteiger partial charge in [0.15, 0.2) is 0 Å². The maximum atomic E-state index is 9.20. The van der Waals surface area contributed by atoms with Crippen LogP contribution in [0.5, 0.6) is 0 Å². The Hall–Kier alpha value is -0.530. The van der Waals surface area contributed by atoms with Gasteiger partial charge in [-0.05, 0) is 31.0 Å². The lowest BCUT2D eigenvalue weighted by Crippen LogP contribution is -1.90. The Morgan fingerprint density at radius 2 is 2.09 bits per heavy atom. The average molecular weight is 171 g/mol. The van der Waals surface area contributed by atoms with E-state index in [-0.39, 0.29) is 0 Å². The number of rotatable bonds is 1. The van der Waals surface area contributed by atoms with Crippen LogP contribution < -0.4 is 0 Å². The zero-order chi connectivity index (χ0) is 8.43. The highest BCUT2D eigenvalue weighted by Gasteiger charge is 2.01. The number of hydrogen-bond acceptors (Lipinski definition) is 1. The predicted molar refractivity (Wildman–Crippen MR) is 46.8 cm³/mol. The third-order valence-corrected chi connectivity index (χ3v) is 2.09. The predicted octanol–water partition coefficient (Wildman–Crippen LogP) is 2.70. The molecule has 1 aromatic carbocycles. The highest BCUT2D eigenvalue weighted by atomic mass is 35.5. The van der Waals surface area contributed by atoms with Crippen LogP contribution in [0, 0.1) is 6.92 Å². The van der Waals surface area contributed by atoms with Gasteiger partial charge in [0, 0.05) is 5.02 Å². The molecule has 0 saturated carbocycles. The number of hydrogen-bond donors (Lipinski definition) is 1. The first-order chi connectivity index (χ1) is 5.11. The summed E-state index contributed by atoms with van der Waals surface area (Å²) in [5.41, 5.74) is 1.91. The van der Waals surface area contributed by atoms with Crippen molar-refractivity contribution >= 4 is 11.6 Å². The molecule has 1 atom stereocenters. The van der Waals surface area contributed by atoms with Gasteiger partial charge >= 0.3 is 0 Å². The first kappa shape index (κ1) is 8.57. The summed E-state index contributed by atoms with van der Waals surface area (Å²) in [6, 6.07) is 5.53. The Kier molecular flexibility index (Phi) is 2.53. The molecule has 0 aromatic heterocycles. The van der Waals surface area contributed by atoms with Gasteiger partial charge in [-0.2, -0.15) is 0 Å². The molecule has 0 amide bonds. The summed E-state index contributed by atoms with van der Waals surface area (Å²) in [6.45, 7) is 3.66. The first-order valence-electron chi connectivity index (χ1n) is 3.55. The lowest BCUT2D eigenvalue weighted by atomic mass is 10.1. The van der Waals surface area contributed by atoms with E-state index in [9.17, 15) is 5.11 Å². The maximum Gasteiger partial charge on any atom is 0.0762 e. The van der Waals surface area contributed by atoms with Crippen molar-refractivity contribution in [1.29, 1.82) is 0 Å². The normalized spacial score (nSPS) is 13.1. The van der Waals surface area contributed by atoms with E-state index in [0.717, 1.165) is 16.1 Å². The summed E-state index contributed by atoms with van der Waals surface area (Å²) < 4.78 is 0. The lowest BCUT2D eigenvalue weighted by molar-refractivity contribution is 0.199. The quantitative estimate of drug-likeness (QED) is 0.687. The summed E-state index contributed by atoms with van der Waals surface area (Å²) in [5, 5.41) is 9.94. The van der Waals surface area contributed by atoms with Crippen molar-refractivity contribution in [3.63, 3.8) is 0 Å². The molecule has 2 heteroatoms. The van der Waals surface area contributed by atoms with Crippen LogP contribution in [0.3, 0.4) is 0 Å². The number of aryl methyl sites for hydroxylation is 1. The summed E-state index contributed by atoms with van der Waals surface area (Å²) in [6.07, 6.45) is -0.411. The third kappa shape index (κ3) is 1.95. The minimum atomic E-state index is -0.411. The SMILES string of the molecule is Cc1cc(C(C)O)ccc1Cl. The van der Waals surface area contributed by atoms with Gasteiger partial charge in [-0.3, -0.25) is 0 Å². The van der Waals surface area contributed by atoms with Gasteiger partial charge in [0.25, 0.3) is 0 Å². The van der Waals surface area contributed by atoms with Crippen molar-refractivity contribution in [2.75, 3.05) is 0 Å². The molecule has 0 aliphatic rings. The summed E-state index contributed by atoms with van der Waals surface area (Å²) in [4.78, 5) is 0. The van der Waals surface area contributed by atoms with Crippen molar-refractivity contribution in [3.8, 4) is 0 Å². The highest BCUT2D eigenvalue weighted by Crippen LogP contribution is 2.20. The molecule has 0 bridgehead atoms. The molecule has 1 unspecified atom stereocenters. The molecular formula is C9H11ClO. The first-order valence-corrected chi connectivity index (χ1v) is 3.93. The molecule has 0 saturated heterocycles. The number of halogens is 1. The monoisotopic (exact) mass is 170 g/mol. The second kappa shape index (κ2) is 3.24. The summed E-state index contributed by atoms with van der Waals surface area (Å²) in [5.74, 6) is 0. The molecule has 1 N–H and O–H groups in total. The van der Waals surface area contributed by atoms with Crippen molar-refractivity contribution in [2.45, 2.75) is 20.0 Å². The van der Waals surface area contributed by atoms with E-state index in [1.54, 1.807) is 13.0 Å². The molecule has 60 valence electrons. The van der Waals surface area contributed by atoms with Gasteiger partial charge in [0.05, 0.1) is 6.10 Å². The van der Waals surface area contributed by atoms with Gasteiger partial charge in [-0.25, -0.2) is 0 Å². The maximum absolute atomic E-state index is 9.20. The minimum absolute atomic E-state index is 0.411. The molecule has 0 fully saturated rings. The summed E-state index contributed by atoms with van der Waals surface area (Å²) >= 11 is 5.80. The average Bonchev–Trinajstić information content (AvgIpc) is 1.94. The van der Waals surface area contributed by atoms with Gasteiger partial charge < -0.3 is 5.11 Å². The molecule has 1 aromatic rings. The smallest absolute Gasteiger partial charge is 0.0762 e. The molecular weight excluding hydrogens is 160 g/mol. The molecule has 0 radical (unpaired) electrons. The zero-order valence-electron chi connectivity index (χ0n) is 6.63.